The van der Waals surface area contributed by atoms with Gasteiger partial charge >= 0.3 is 5.97 Å². The molecule has 1 aliphatic heterocycles. The van der Waals surface area contributed by atoms with Gasteiger partial charge in [-0.25, -0.2) is 0 Å². The number of H-pyrrole nitrogens is 1. The first-order chi connectivity index (χ1) is 11.5. The lowest BCUT2D eigenvalue weighted by Crippen LogP contribution is -2.14. The van der Waals surface area contributed by atoms with Gasteiger partial charge in [-0.3, -0.25) is 19.9 Å². The predicted molar refractivity (Wildman–Crippen MR) is 93.7 cm³/mol. The first-order valence-electron chi connectivity index (χ1n) is 7.62. The number of aromatic amines is 1. The number of nitro benzene ring substituents is 1. The second-order valence-electron chi connectivity index (χ2n) is 5.60. The molecule has 0 bridgehead atoms. The highest BCUT2D eigenvalue weighted by atomic mass is 32.2. The summed E-state index contributed by atoms with van der Waals surface area (Å²) in [5.74, 6) is 0.445. The van der Waals surface area contributed by atoms with E-state index in [9.17, 15) is 14.9 Å². The number of nitro groups is 1. The lowest BCUT2D eigenvalue weighted by molar-refractivity contribution is -0.383. The molecular weight excluding hydrogens is 330 g/mol. The van der Waals surface area contributed by atoms with Gasteiger partial charge in [0.15, 0.2) is 0 Å². The molecule has 1 unspecified atom stereocenters. The number of esters is 1. The Morgan fingerprint density at radius 1 is 1.50 bits per heavy atom. The minimum Gasteiger partial charge on any atom is -0.466 e. The fourth-order valence-corrected chi connectivity index (χ4v) is 3.74. The number of hydrogen-bond donors (Lipinski definition) is 1. The van der Waals surface area contributed by atoms with Gasteiger partial charge in [-0.2, -0.15) is 0 Å². The molecule has 8 heteroatoms. The first-order valence-corrected chi connectivity index (χ1v) is 8.61. The summed E-state index contributed by atoms with van der Waals surface area (Å²) in [6.07, 6.45) is 0.254. The number of aromatic nitrogens is 1. The molecule has 7 nitrogen and oxygen atoms in total. The number of nitrogens with zero attached hydrogens (tertiary/aromatic N) is 2. The molecule has 1 aromatic heterocycles. The number of fused-ring (bicyclic) bond motifs is 1. The maximum absolute atomic E-state index is 11.6. The molecule has 0 aliphatic carbocycles. The Bertz CT molecular complexity index is 843. The number of aliphatic imine (C=N–C) groups is 1. The van der Waals surface area contributed by atoms with Crippen LogP contribution in [0.3, 0.4) is 0 Å². The Kier molecular flexibility index (Phi) is 4.57. The molecule has 0 fully saturated rings. The van der Waals surface area contributed by atoms with Gasteiger partial charge in [0.05, 0.1) is 29.7 Å². The monoisotopic (exact) mass is 347 g/mol. The zero-order valence-electron chi connectivity index (χ0n) is 13.4. The maximum Gasteiger partial charge on any atom is 0.307 e. The van der Waals surface area contributed by atoms with E-state index in [-0.39, 0.29) is 29.0 Å². The second kappa shape index (κ2) is 6.64. The van der Waals surface area contributed by atoms with Crippen LogP contribution >= 0.6 is 11.8 Å². The smallest absolute Gasteiger partial charge is 0.307 e. The molecule has 0 saturated carbocycles. The van der Waals surface area contributed by atoms with Crippen LogP contribution in [-0.2, 0) is 9.53 Å². The number of carbonyl (C=O) groups excluding carboxylic acids is 1. The number of thioether (sulfide) groups is 1. The van der Waals surface area contributed by atoms with Crippen LogP contribution in [0.25, 0.3) is 10.9 Å². The average Bonchev–Trinajstić information content (AvgIpc) is 3.12. The fraction of sp³-hybridized carbons (Fsp3) is 0.375. The normalized spacial score (nSPS) is 17.1. The second-order valence-corrected chi connectivity index (χ2v) is 6.61. The van der Waals surface area contributed by atoms with Gasteiger partial charge in [0.25, 0.3) is 5.69 Å². The van der Waals surface area contributed by atoms with Gasteiger partial charge in [-0.05, 0) is 31.5 Å². The molecule has 3 rings (SSSR count). The van der Waals surface area contributed by atoms with Gasteiger partial charge in [0, 0.05) is 17.2 Å². The topological polar surface area (TPSA) is 97.6 Å². The predicted octanol–water partition coefficient (Wildman–Crippen LogP) is 3.20. The molecular formula is C16H17N3O4S. The van der Waals surface area contributed by atoms with Gasteiger partial charge in [-0.15, -0.1) is 11.8 Å². The molecule has 0 amide bonds. The average molecular weight is 347 g/mol. The van der Waals surface area contributed by atoms with Crippen LogP contribution in [0, 0.1) is 17.0 Å². The summed E-state index contributed by atoms with van der Waals surface area (Å²) in [6.45, 7) is 3.96. The molecule has 126 valence electrons. The number of aryl methyl sites for hydroxylation is 1. The fourth-order valence-electron chi connectivity index (χ4n) is 2.71. The van der Waals surface area contributed by atoms with Gasteiger partial charge in [0.2, 0.25) is 0 Å². The van der Waals surface area contributed by atoms with E-state index in [1.54, 1.807) is 13.0 Å². The van der Waals surface area contributed by atoms with E-state index >= 15 is 0 Å². The molecule has 0 spiro atoms. The number of rotatable bonds is 5. The van der Waals surface area contributed by atoms with Crippen molar-refractivity contribution >= 4 is 39.4 Å². The van der Waals surface area contributed by atoms with E-state index < -0.39 is 0 Å². The molecule has 1 N–H and O–H groups in total. The molecule has 24 heavy (non-hydrogen) atoms. The lowest BCUT2D eigenvalue weighted by Gasteiger charge is -2.04. The van der Waals surface area contributed by atoms with Crippen LogP contribution in [0.5, 0.6) is 0 Å². The third kappa shape index (κ3) is 3.28. The number of ether oxygens (including phenoxy) is 1. The van der Waals surface area contributed by atoms with Crippen LogP contribution in [0.1, 0.15) is 24.6 Å². The highest BCUT2D eigenvalue weighted by Crippen LogP contribution is 2.31. The van der Waals surface area contributed by atoms with Crippen molar-refractivity contribution in [3.8, 4) is 0 Å². The summed E-state index contributed by atoms with van der Waals surface area (Å²) in [7, 11) is 0. The Morgan fingerprint density at radius 3 is 3.00 bits per heavy atom. The summed E-state index contributed by atoms with van der Waals surface area (Å²) < 4.78 is 4.95. The van der Waals surface area contributed by atoms with Crippen molar-refractivity contribution in [2.75, 3.05) is 12.4 Å². The van der Waals surface area contributed by atoms with Crippen molar-refractivity contribution in [1.82, 2.24) is 4.98 Å². The standard InChI is InChI=1S/C16H17N3O4S/c1-3-23-14(20)7-11-8-24-16(17-11)12-6-10-4-9(2)5-13(19(21)22)15(10)18-12/h4-6,11,18H,3,7-8H2,1-2H3. The Morgan fingerprint density at radius 2 is 2.29 bits per heavy atom. The Hall–Kier alpha value is -2.35. The lowest BCUT2D eigenvalue weighted by atomic mass is 10.1. The first kappa shape index (κ1) is 16.5. The Labute approximate surface area is 142 Å². The van der Waals surface area contributed by atoms with E-state index in [0.717, 1.165) is 21.7 Å². The summed E-state index contributed by atoms with van der Waals surface area (Å²) in [5.41, 5.74) is 2.14. The van der Waals surface area contributed by atoms with Crippen molar-refractivity contribution in [2.45, 2.75) is 26.3 Å². The highest BCUT2D eigenvalue weighted by Gasteiger charge is 2.24. The molecule has 1 aliphatic rings. The SMILES string of the molecule is CCOC(=O)CC1CSC(c2cc3cc(C)cc([N+](=O)[O-])c3[nH]2)=N1. The third-order valence-corrected chi connectivity index (χ3v) is 4.85. The number of carbonyl (C=O) groups is 1. The van der Waals surface area contributed by atoms with Crippen LogP contribution in [0.15, 0.2) is 23.2 Å². The largest absolute Gasteiger partial charge is 0.466 e. The van der Waals surface area contributed by atoms with Gasteiger partial charge in [0.1, 0.15) is 10.6 Å². The quantitative estimate of drug-likeness (QED) is 0.509. The number of non-ortho nitro benzene ring substituents is 1. The van der Waals surface area contributed by atoms with Crippen LogP contribution in [-0.4, -0.2) is 39.3 Å². The van der Waals surface area contributed by atoms with E-state index in [0.29, 0.717) is 17.9 Å². The van der Waals surface area contributed by atoms with Crippen molar-refractivity contribution < 1.29 is 14.5 Å². The Balaban J connectivity index is 1.89. The zero-order chi connectivity index (χ0) is 17.3. The van der Waals surface area contributed by atoms with Gasteiger partial charge < -0.3 is 9.72 Å². The number of benzene rings is 1. The minimum atomic E-state index is -0.386. The third-order valence-electron chi connectivity index (χ3n) is 3.70. The summed E-state index contributed by atoms with van der Waals surface area (Å²) >= 11 is 1.54. The number of nitrogens with one attached hydrogen (secondary N) is 1. The van der Waals surface area contributed by atoms with Crippen molar-refractivity contribution in [1.29, 1.82) is 0 Å². The summed E-state index contributed by atoms with van der Waals surface area (Å²) in [4.78, 5) is 30.1. The van der Waals surface area contributed by atoms with Crippen molar-refractivity contribution in [3.05, 3.63) is 39.6 Å². The van der Waals surface area contributed by atoms with E-state index in [1.807, 2.05) is 19.1 Å². The maximum atomic E-state index is 11.6. The number of hydrogen-bond acceptors (Lipinski definition) is 6. The molecule has 1 aromatic carbocycles. The summed E-state index contributed by atoms with van der Waals surface area (Å²) in [5, 5.41) is 12.8. The molecule has 0 saturated heterocycles. The van der Waals surface area contributed by atoms with Crippen molar-refractivity contribution in [2.24, 2.45) is 4.99 Å². The molecule has 1 atom stereocenters. The van der Waals surface area contributed by atoms with E-state index in [2.05, 4.69) is 9.98 Å². The molecule has 0 radical (unpaired) electrons. The zero-order valence-corrected chi connectivity index (χ0v) is 14.2. The van der Waals surface area contributed by atoms with Gasteiger partial charge in [-0.1, -0.05) is 0 Å². The minimum absolute atomic E-state index is 0.0583. The highest BCUT2D eigenvalue weighted by molar-refractivity contribution is 8.14. The summed E-state index contributed by atoms with van der Waals surface area (Å²) in [6, 6.07) is 5.20. The molecule has 2 heterocycles. The van der Waals surface area contributed by atoms with E-state index in [1.165, 1.54) is 11.8 Å². The van der Waals surface area contributed by atoms with Crippen LogP contribution < -0.4 is 0 Å². The van der Waals surface area contributed by atoms with Crippen LogP contribution in [0.4, 0.5) is 5.69 Å². The van der Waals surface area contributed by atoms with Crippen molar-refractivity contribution in [3.63, 3.8) is 0 Å². The van der Waals surface area contributed by atoms with Crippen LogP contribution in [0.2, 0.25) is 0 Å². The molecule has 2 aromatic rings. The van der Waals surface area contributed by atoms with E-state index in [4.69, 9.17) is 4.74 Å².